The Morgan fingerprint density at radius 1 is 1.05 bits per heavy atom. The van der Waals surface area contributed by atoms with Crippen LogP contribution in [0.25, 0.3) is 0 Å². The molecule has 0 aliphatic heterocycles. The highest BCUT2D eigenvalue weighted by molar-refractivity contribution is 9.10. The number of benzene rings is 2. The van der Waals surface area contributed by atoms with Gasteiger partial charge in [0.25, 0.3) is 0 Å². The molecule has 106 valence electrons. The lowest BCUT2D eigenvalue weighted by Crippen LogP contribution is -2.07. The molecular weight excluding hydrogens is 339 g/mol. The van der Waals surface area contributed by atoms with Gasteiger partial charge in [0, 0.05) is 6.42 Å². The van der Waals surface area contributed by atoms with Crippen molar-refractivity contribution >= 4 is 23.5 Å². The van der Waals surface area contributed by atoms with E-state index in [0.717, 1.165) is 11.1 Å². The number of rotatable bonds is 6. The largest absolute Gasteiger partial charge is 0.339 e. The summed E-state index contributed by atoms with van der Waals surface area (Å²) in [6.45, 7) is 0. The Balaban J connectivity index is 2.23. The summed E-state index contributed by atoms with van der Waals surface area (Å²) in [5.41, 5.74) is 1.96. The van der Waals surface area contributed by atoms with Crippen LogP contribution in [0.15, 0.2) is 60.7 Å². The van der Waals surface area contributed by atoms with Crippen LogP contribution in [0.5, 0.6) is 0 Å². The van der Waals surface area contributed by atoms with Crippen molar-refractivity contribution in [3.05, 3.63) is 71.8 Å². The minimum absolute atomic E-state index is 0.0713. The molecule has 3 nitrogen and oxygen atoms in total. The zero-order valence-electron chi connectivity index (χ0n) is 10.9. The fourth-order valence-corrected chi connectivity index (χ4v) is 2.94. The van der Waals surface area contributed by atoms with Crippen molar-refractivity contribution in [1.82, 2.24) is 0 Å². The van der Waals surface area contributed by atoms with Crippen LogP contribution in [0, 0.1) is 0 Å². The van der Waals surface area contributed by atoms with E-state index in [1.165, 1.54) is 0 Å². The van der Waals surface area contributed by atoms with Crippen LogP contribution >= 0.6 is 23.5 Å². The van der Waals surface area contributed by atoms with Gasteiger partial charge in [-0.3, -0.25) is 9.09 Å². The highest BCUT2D eigenvalue weighted by atomic mass is 79.9. The highest BCUT2D eigenvalue weighted by Gasteiger charge is 2.25. The van der Waals surface area contributed by atoms with Crippen molar-refractivity contribution in [3.63, 3.8) is 0 Å². The summed E-state index contributed by atoms with van der Waals surface area (Å²) in [7, 11) is -3.62. The number of hydrogen-bond donors (Lipinski definition) is 1. The van der Waals surface area contributed by atoms with Gasteiger partial charge < -0.3 is 4.89 Å². The minimum Gasteiger partial charge on any atom is -0.324 e. The molecule has 2 aromatic carbocycles. The molecule has 0 amide bonds. The van der Waals surface area contributed by atoms with Crippen LogP contribution in [0.3, 0.4) is 0 Å². The molecule has 1 N–H and O–H groups in total. The molecule has 0 radical (unpaired) electrons. The predicted octanol–water partition coefficient (Wildman–Crippen LogP) is 4.52. The third-order valence-electron chi connectivity index (χ3n) is 2.88. The van der Waals surface area contributed by atoms with Crippen molar-refractivity contribution in [1.29, 1.82) is 0 Å². The summed E-state index contributed by atoms with van der Waals surface area (Å²) in [4.78, 5) is 9.72. The van der Waals surface area contributed by atoms with Crippen LogP contribution in [0.1, 0.15) is 17.2 Å². The molecule has 0 heterocycles. The molecular formula is C15H16BrO3P. The molecule has 0 aliphatic carbocycles. The summed E-state index contributed by atoms with van der Waals surface area (Å²) in [5.74, 6) is 0. The van der Waals surface area contributed by atoms with Crippen LogP contribution < -0.4 is 0 Å². The van der Waals surface area contributed by atoms with E-state index in [-0.39, 0.29) is 5.07 Å². The fourth-order valence-electron chi connectivity index (χ4n) is 1.94. The van der Waals surface area contributed by atoms with Crippen molar-refractivity contribution < 1.29 is 14.0 Å². The van der Waals surface area contributed by atoms with Gasteiger partial charge in [0.1, 0.15) is 5.07 Å². The number of halogens is 1. The van der Waals surface area contributed by atoms with Gasteiger partial charge in [-0.15, -0.1) is 0 Å². The maximum Gasteiger partial charge on any atom is 0.339 e. The monoisotopic (exact) mass is 354 g/mol. The first-order valence-electron chi connectivity index (χ1n) is 6.26. The molecule has 2 rings (SSSR count). The Hall–Kier alpha value is -0.930. The van der Waals surface area contributed by atoms with Crippen LogP contribution in [-0.2, 0) is 15.5 Å². The molecule has 0 aromatic heterocycles. The summed E-state index contributed by atoms with van der Waals surface area (Å²) in [6.07, 6.45) is 0.120. The second-order valence-electron chi connectivity index (χ2n) is 4.45. The molecule has 0 aliphatic rings. The third kappa shape index (κ3) is 4.57. The van der Waals surface area contributed by atoms with E-state index in [1.807, 2.05) is 60.7 Å². The van der Waals surface area contributed by atoms with E-state index in [0.29, 0.717) is 6.42 Å². The van der Waals surface area contributed by atoms with Crippen LogP contribution in [0.4, 0.5) is 0 Å². The van der Waals surface area contributed by atoms with Gasteiger partial charge in [0.2, 0.25) is 0 Å². The van der Waals surface area contributed by atoms with E-state index >= 15 is 0 Å². The van der Waals surface area contributed by atoms with Gasteiger partial charge in [0.15, 0.2) is 0 Å². The topological polar surface area (TPSA) is 46.5 Å². The van der Waals surface area contributed by atoms with E-state index < -0.39 is 13.7 Å². The van der Waals surface area contributed by atoms with Gasteiger partial charge in [0.05, 0.1) is 6.10 Å². The second-order valence-corrected chi connectivity index (χ2v) is 7.68. The summed E-state index contributed by atoms with van der Waals surface area (Å²) >= 11 is 3.02. The predicted molar refractivity (Wildman–Crippen MR) is 84.0 cm³/mol. The molecule has 0 bridgehead atoms. The summed E-state index contributed by atoms with van der Waals surface area (Å²) in [6, 6.07) is 19.3. The molecule has 0 spiro atoms. The lowest BCUT2D eigenvalue weighted by molar-refractivity contribution is 0.178. The first-order valence-corrected chi connectivity index (χ1v) is 9.14. The van der Waals surface area contributed by atoms with E-state index in [9.17, 15) is 9.46 Å². The molecule has 2 atom stereocenters. The zero-order valence-corrected chi connectivity index (χ0v) is 13.3. The Morgan fingerprint density at radius 2 is 1.60 bits per heavy atom. The van der Waals surface area contributed by atoms with E-state index in [4.69, 9.17) is 4.52 Å². The lowest BCUT2D eigenvalue weighted by atomic mass is 10.0. The molecule has 20 heavy (non-hydrogen) atoms. The molecule has 2 unspecified atom stereocenters. The van der Waals surface area contributed by atoms with E-state index in [2.05, 4.69) is 15.9 Å². The molecule has 5 heteroatoms. The Labute approximate surface area is 127 Å². The first-order chi connectivity index (χ1) is 9.61. The van der Waals surface area contributed by atoms with Gasteiger partial charge in [-0.1, -0.05) is 76.6 Å². The van der Waals surface area contributed by atoms with Crippen molar-refractivity contribution in [2.75, 3.05) is 5.07 Å². The summed E-state index contributed by atoms with van der Waals surface area (Å²) < 4.78 is 17.3. The smallest absolute Gasteiger partial charge is 0.324 e. The average molecular weight is 355 g/mol. The number of alkyl halides is 1. The maximum atomic E-state index is 11.8. The quantitative estimate of drug-likeness (QED) is 0.612. The SMILES string of the molecule is O=P(O)(CBr)OC(Cc1ccccc1)c1ccccc1. The Bertz CT molecular complexity index is 574. The molecule has 0 fully saturated rings. The zero-order chi connectivity index (χ0) is 14.4. The van der Waals surface area contributed by atoms with Gasteiger partial charge in [-0.25, -0.2) is 0 Å². The van der Waals surface area contributed by atoms with Crippen molar-refractivity contribution in [2.45, 2.75) is 12.5 Å². The third-order valence-corrected chi connectivity index (χ3v) is 5.67. The van der Waals surface area contributed by atoms with Crippen LogP contribution in [-0.4, -0.2) is 9.96 Å². The standard InChI is InChI=1S/C15H16BrO3P/c16-12-20(17,18)19-15(14-9-5-2-6-10-14)11-13-7-3-1-4-8-13/h1-10,15H,11-12H2,(H,17,18). The first kappa shape index (κ1) is 15.5. The minimum atomic E-state index is -3.62. The molecule has 0 saturated heterocycles. The maximum absolute atomic E-state index is 11.8. The normalized spacial score (nSPS) is 15.5. The molecule has 0 saturated carbocycles. The Morgan fingerprint density at radius 3 is 2.15 bits per heavy atom. The highest BCUT2D eigenvalue weighted by Crippen LogP contribution is 2.48. The van der Waals surface area contributed by atoms with Gasteiger partial charge in [-0.05, 0) is 11.1 Å². The second kappa shape index (κ2) is 7.19. The Kier molecular flexibility index (Phi) is 5.55. The van der Waals surface area contributed by atoms with Crippen molar-refractivity contribution in [2.24, 2.45) is 0 Å². The average Bonchev–Trinajstić information content (AvgIpc) is 2.48. The summed E-state index contributed by atoms with van der Waals surface area (Å²) in [5, 5.41) is -0.0713. The van der Waals surface area contributed by atoms with E-state index in [1.54, 1.807) is 0 Å². The number of hydrogen-bond acceptors (Lipinski definition) is 2. The van der Waals surface area contributed by atoms with Crippen LogP contribution in [0.2, 0.25) is 0 Å². The lowest BCUT2D eigenvalue weighted by Gasteiger charge is -2.21. The molecule has 2 aromatic rings. The van der Waals surface area contributed by atoms with Gasteiger partial charge in [-0.2, -0.15) is 0 Å². The van der Waals surface area contributed by atoms with Crippen molar-refractivity contribution in [3.8, 4) is 0 Å². The fraction of sp³-hybridized carbons (Fsp3) is 0.200. The van der Waals surface area contributed by atoms with Gasteiger partial charge >= 0.3 is 7.60 Å².